The molecular formula is C10H16ClN3O. The van der Waals surface area contributed by atoms with Gasteiger partial charge in [-0.3, -0.25) is 0 Å². The molecule has 0 spiro atoms. The van der Waals surface area contributed by atoms with Crippen molar-refractivity contribution in [2.75, 3.05) is 18.5 Å². The zero-order chi connectivity index (χ0) is 11.3. The predicted octanol–water partition coefficient (Wildman–Crippen LogP) is 1.80. The summed E-state index contributed by atoms with van der Waals surface area (Å²) < 4.78 is 0. The van der Waals surface area contributed by atoms with Crippen molar-refractivity contribution in [2.24, 2.45) is 0 Å². The summed E-state index contributed by atoms with van der Waals surface area (Å²) in [4.78, 5) is 8.53. The van der Waals surface area contributed by atoms with Crippen LogP contribution in [0.4, 0.5) is 5.82 Å². The van der Waals surface area contributed by atoms with Gasteiger partial charge in [0.1, 0.15) is 16.8 Å². The van der Waals surface area contributed by atoms with Crippen LogP contribution in [-0.2, 0) is 6.42 Å². The molecule has 0 aliphatic heterocycles. The summed E-state index contributed by atoms with van der Waals surface area (Å²) in [5, 5.41) is 12.2. The van der Waals surface area contributed by atoms with Gasteiger partial charge in [-0.25, -0.2) is 9.97 Å². The highest BCUT2D eigenvalue weighted by Gasteiger charge is 2.08. The van der Waals surface area contributed by atoms with Gasteiger partial charge in [0.05, 0.1) is 6.61 Å². The van der Waals surface area contributed by atoms with E-state index in [1.807, 2.05) is 6.92 Å². The van der Waals surface area contributed by atoms with E-state index in [0.717, 1.165) is 24.2 Å². The molecule has 0 aliphatic rings. The molecule has 0 aliphatic carbocycles. The van der Waals surface area contributed by atoms with Crippen molar-refractivity contribution >= 4 is 17.4 Å². The number of aryl methyl sites for hydroxylation is 1. The van der Waals surface area contributed by atoms with Gasteiger partial charge in [-0.1, -0.05) is 18.5 Å². The van der Waals surface area contributed by atoms with Crippen LogP contribution < -0.4 is 5.32 Å². The van der Waals surface area contributed by atoms with Crippen LogP contribution in [0, 0.1) is 6.92 Å². The standard InChI is InChI=1S/C10H16ClN3O/c1-3-4-8-13-9(11)7(2)10(14-8)12-5-6-15/h15H,3-6H2,1-2H3,(H,12,13,14). The first-order valence-electron chi connectivity index (χ1n) is 5.06. The molecule has 1 aromatic heterocycles. The second kappa shape index (κ2) is 5.88. The van der Waals surface area contributed by atoms with E-state index in [-0.39, 0.29) is 6.61 Å². The minimum absolute atomic E-state index is 0.0736. The molecule has 0 bridgehead atoms. The van der Waals surface area contributed by atoms with E-state index < -0.39 is 0 Å². The van der Waals surface area contributed by atoms with Gasteiger partial charge in [-0.15, -0.1) is 0 Å². The molecule has 0 atom stereocenters. The smallest absolute Gasteiger partial charge is 0.137 e. The van der Waals surface area contributed by atoms with Crippen LogP contribution >= 0.6 is 11.6 Å². The second-order valence-electron chi connectivity index (χ2n) is 3.30. The number of anilines is 1. The average molecular weight is 230 g/mol. The Morgan fingerprint density at radius 3 is 2.73 bits per heavy atom. The molecule has 5 heteroatoms. The summed E-state index contributed by atoms with van der Waals surface area (Å²) >= 11 is 5.98. The van der Waals surface area contributed by atoms with Crippen molar-refractivity contribution in [2.45, 2.75) is 26.7 Å². The van der Waals surface area contributed by atoms with E-state index in [1.165, 1.54) is 0 Å². The number of aromatic nitrogens is 2. The monoisotopic (exact) mass is 229 g/mol. The number of nitrogens with one attached hydrogen (secondary N) is 1. The van der Waals surface area contributed by atoms with Gasteiger partial charge in [0.15, 0.2) is 0 Å². The summed E-state index contributed by atoms with van der Waals surface area (Å²) in [5.41, 5.74) is 0.824. The number of hydrogen-bond acceptors (Lipinski definition) is 4. The van der Waals surface area contributed by atoms with E-state index >= 15 is 0 Å². The van der Waals surface area contributed by atoms with Crippen LogP contribution in [0.1, 0.15) is 24.7 Å². The molecule has 0 aromatic carbocycles. The SMILES string of the molecule is CCCc1nc(Cl)c(C)c(NCCO)n1. The van der Waals surface area contributed by atoms with E-state index in [9.17, 15) is 0 Å². The number of aliphatic hydroxyl groups excluding tert-OH is 1. The highest BCUT2D eigenvalue weighted by atomic mass is 35.5. The van der Waals surface area contributed by atoms with Gasteiger partial charge in [-0.05, 0) is 13.3 Å². The molecule has 0 saturated carbocycles. The summed E-state index contributed by atoms with van der Waals surface area (Å²) in [6.07, 6.45) is 1.80. The lowest BCUT2D eigenvalue weighted by Crippen LogP contribution is -2.10. The van der Waals surface area contributed by atoms with Crippen LogP contribution in [-0.4, -0.2) is 28.2 Å². The topological polar surface area (TPSA) is 58.0 Å². The second-order valence-corrected chi connectivity index (χ2v) is 3.66. The summed E-state index contributed by atoms with van der Waals surface area (Å²) in [7, 11) is 0. The van der Waals surface area contributed by atoms with E-state index in [0.29, 0.717) is 17.5 Å². The molecular weight excluding hydrogens is 214 g/mol. The molecule has 0 fully saturated rings. The normalized spacial score (nSPS) is 10.4. The quantitative estimate of drug-likeness (QED) is 0.756. The van der Waals surface area contributed by atoms with Crippen LogP contribution in [0.25, 0.3) is 0 Å². The lowest BCUT2D eigenvalue weighted by Gasteiger charge is -2.09. The molecule has 0 unspecified atom stereocenters. The summed E-state index contributed by atoms with van der Waals surface area (Å²) in [5.74, 6) is 1.46. The fraction of sp³-hybridized carbons (Fsp3) is 0.600. The van der Waals surface area contributed by atoms with Gasteiger partial charge in [-0.2, -0.15) is 0 Å². The number of aliphatic hydroxyl groups is 1. The summed E-state index contributed by atoms with van der Waals surface area (Å²) in [6.45, 7) is 4.47. The first-order chi connectivity index (χ1) is 7.19. The van der Waals surface area contributed by atoms with E-state index in [2.05, 4.69) is 22.2 Å². The molecule has 0 radical (unpaired) electrons. The number of nitrogens with zero attached hydrogens (tertiary/aromatic N) is 2. The van der Waals surface area contributed by atoms with Crippen LogP contribution in [0.15, 0.2) is 0 Å². The molecule has 84 valence electrons. The first-order valence-corrected chi connectivity index (χ1v) is 5.44. The van der Waals surface area contributed by atoms with Crippen LogP contribution in [0.5, 0.6) is 0 Å². The Labute approximate surface area is 94.7 Å². The number of rotatable bonds is 5. The van der Waals surface area contributed by atoms with Crippen LogP contribution in [0.2, 0.25) is 5.15 Å². The fourth-order valence-corrected chi connectivity index (χ4v) is 1.40. The predicted molar refractivity (Wildman–Crippen MR) is 61.3 cm³/mol. The number of hydrogen-bond donors (Lipinski definition) is 2. The fourth-order valence-electron chi connectivity index (χ4n) is 1.21. The molecule has 0 amide bonds. The Balaban J connectivity index is 2.91. The largest absolute Gasteiger partial charge is 0.395 e. The zero-order valence-electron chi connectivity index (χ0n) is 9.05. The molecule has 4 nitrogen and oxygen atoms in total. The Kier molecular flexibility index (Phi) is 4.78. The average Bonchev–Trinajstić information content (AvgIpc) is 2.21. The molecule has 15 heavy (non-hydrogen) atoms. The third-order valence-electron chi connectivity index (χ3n) is 2.01. The molecule has 1 rings (SSSR count). The third kappa shape index (κ3) is 3.32. The van der Waals surface area contributed by atoms with Crippen molar-refractivity contribution < 1.29 is 5.11 Å². The molecule has 2 N–H and O–H groups in total. The number of halogens is 1. The Bertz CT molecular complexity index is 331. The van der Waals surface area contributed by atoms with Gasteiger partial charge in [0, 0.05) is 18.5 Å². The van der Waals surface area contributed by atoms with Gasteiger partial charge >= 0.3 is 0 Å². The minimum atomic E-state index is 0.0736. The van der Waals surface area contributed by atoms with Crippen molar-refractivity contribution in [3.63, 3.8) is 0 Å². The molecule has 1 aromatic rings. The van der Waals surface area contributed by atoms with Crippen molar-refractivity contribution in [1.82, 2.24) is 9.97 Å². The maximum atomic E-state index is 8.72. The highest BCUT2D eigenvalue weighted by Crippen LogP contribution is 2.19. The maximum absolute atomic E-state index is 8.72. The van der Waals surface area contributed by atoms with E-state index in [4.69, 9.17) is 16.7 Å². The van der Waals surface area contributed by atoms with Crippen LogP contribution in [0.3, 0.4) is 0 Å². The lowest BCUT2D eigenvalue weighted by atomic mass is 10.3. The maximum Gasteiger partial charge on any atom is 0.137 e. The Hall–Kier alpha value is -0.870. The lowest BCUT2D eigenvalue weighted by molar-refractivity contribution is 0.311. The van der Waals surface area contributed by atoms with Crippen molar-refractivity contribution in [3.8, 4) is 0 Å². The first kappa shape index (κ1) is 12.2. The van der Waals surface area contributed by atoms with Gasteiger partial charge in [0.2, 0.25) is 0 Å². The van der Waals surface area contributed by atoms with Gasteiger partial charge in [0.25, 0.3) is 0 Å². The Morgan fingerprint density at radius 2 is 2.13 bits per heavy atom. The van der Waals surface area contributed by atoms with Crippen molar-refractivity contribution in [3.05, 3.63) is 16.5 Å². The zero-order valence-corrected chi connectivity index (χ0v) is 9.80. The molecule has 1 heterocycles. The van der Waals surface area contributed by atoms with E-state index in [1.54, 1.807) is 0 Å². The third-order valence-corrected chi connectivity index (χ3v) is 2.38. The molecule has 0 saturated heterocycles. The van der Waals surface area contributed by atoms with Crippen molar-refractivity contribution in [1.29, 1.82) is 0 Å². The Morgan fingerprint density at radius 1 is 1.40 bits per heavy atom. The highest BCUT2D eigenvalue weighted by molar-refractivity contribution is 6.30. The summed E-state index contributed by atoms with van der Waals surface area (Å²) in [6, 6.07) is 0. The minimum Gasteiger partial charge on any atom is -0.395 e. The van der Waals surface area contributed by atoms with Gasteiger partial charge < -0.3 is 10.4 Å².